The molecule has 0 unspecified atom stereocenters. The molecule has 0 aromatic rings. The first-order valence-corrected chi connectivity index (χ1v) is 6.20. The predicted molar refractivity (Wildman–Crippen MR) is 56.6 cm³/mol. The maximum atomic E-state index is 12.0. The highest BCUT2D eigenvalue weighted by molar-refractivity contribution is 5.86. The zero-order chi connectivity index (χ0) is 11.3. The van der Waals surface area contributed by atoms with Gasteiger partial charge in [0.05, 0.1) is 11.8 Å². The number of carboxylic acids is 1. The van der Waals surface area contributed by atoms with Gasteiger partial charge in [-0.3, -0.25) is 9.59 Å². The van der Waals surface area contributed by atoms with E-state index in [1.165, 1.54) is 0 Å². The second-order valence-electron chi connectivity index (χ2n) is 5.51. The van der Waals surface area contributed by atoms with E-state index < -0.39 is 11.9 Å². The molecular formula is C12H17NO3. The first-order valence-electron chi connectivity index (χ1n) is 6.20. The highest BCUT2D eigenvalue weighted by Crippen LogP contribution is 2.52. The summed E-state index contributed by atoms with van der Waals surface area (Å²) < 4.78 is 0. The normalized spacial score (nSPS) is 41.0. The van der Waals surface area contributed by atoms with Gasteiger partial charge in [0.15, 0.2) is 0 Å². The van der Waals surface area contributed by atoms with Crippen LogP contribution in [0.5, 0.6) is 0 Å². The van der Waals surface area contributed by atoms with Crippen molar-refractivity contribution in [2.45, 2.75) is 38.1 Å². The predicted octanol–water partition coefficient (Wildman–Crippen LogP) is 1.01. The Kier molecular flexibility index (Phi) is 2.19. The fourth-order valence-corrected chi connectivity index (χ4v) is 3.55. The second-order valence-corrected chi connectivity index (χ2v) is 5.51. The molecule has 4 atom stereocenters. The molecule has 4 heteroatoms. The van der Waals surface area contributed by atoms with Crippen LogP contribution in [0.2, 0.25) is 0 Å². The van der Waals surface area contributed by atoms with Crippen molar-refractivity contribution in [2.75, 3.05) is 0 Å². The maximum Gasteiger partial charge on any atom is 0.307 e. The molecule has 16 heavy (non-hydrogen) atoms. The van der Waals surface area contributed by atoms with Crippen LogP contribution < -0.4 is 5.32 Å². The number of carbonyl (C=O) groups excluding carboxylic acids is 1. The lowest BCUT2D eigenvalue weighted by Gasteiger charge is -2.27. The zero-order valence-corrected chi connectivity index (χ0v) is 9.19. The number of carboxylic acid groups (broad SMARTS) is 1. The summed E-state index contributed by atoms with van der Waals surface area (Å²) in [6.07, 6.45) is 5.10. The van der Waals surface area contributed by atoms with Crippen LogP contribution in [-0.4, -0.2) is 23.0 Å². The third kappa shape index (κ3) is 1.51. The van der Waals surface area contributed by atoms with Crippen LogP contribution in [0.1, 0.15) is 32.1 Å². The van der Waals surface area contributed by atoms with Crippen molar-refractivity contribution in [3.05, 3.63) is 0 Å². The second kappa shape index (κ2) is 3.47. The van der Waals surface area contributed by atoms with E-state index in [4.69, 9.17) is 0 Å². The summed E-state index contributed by atoms with van der Waals surface area (Å²) in [5, 5.41) is 12.2. The molecule has 3 aliphatic carbocycles. The summed E-state index contributed by atoms with van der Waals surface area (Å²) in [4.78, 5) is 23.3. The van der Waals surface area contributed by atoms with Crippen LogP contribution in [0.4, 0.5) is 0 Å². The van der Waals surface area contributed by atoms with Gasteiger partial charge in [-0.1, -0.05) is 0 Å². The molecular weight excluding hydrogens is 206 g/mol. The lowest BCUT2D eigenvalue weighted by atomic mass is 9.78. The van der Waals surface area contributed by atoms with Crippen LogP contribution in [0.25, 0.3) is 0 Å². The molecule has 3 saturated carbocycles. The summed E-state index contributed by atoms with van der Waals surface area (Å²) in [6, 6.07) is 0.334. The number of nitrogens with one attached hydrogen (secondary N) is 1. The number of fused-ring (bicyclic) bond motifs is 2. The molecule has 0 aliphatic heterocycles. The van der Waals surface area contributed by atoms with Gasteiger partial charge in [0, 0.05) is 6.04 Å². The molecule has 0 saturated heterocycles. The van der Waals surface area contributed by atoms with Gasteiger partial charge in [0.2, 0.25) is 5.91 Å². The average Bonchev–Trinajstić information content (AvgIpc) is 2.81. The smallest absolute Gasteiger partial charge is 0.307 e. The largest absolute Gasteiger partial charge is 0.481 e. The molecule has 2 N–H and O–H groups in total. The Bertz CT molecular complexity index is 337. The van der Waals surface area contributed by atoms with Crippen molar-refractivity contribution in [2.24, 2.45) is 23.7 Å². The third-order valence-electron chi connectivity index (χ3n) is 4.43. The van der Waals surface area contributed by atoms with Gasteiger partial charge < -0.3 is 10.4 Å². The number of carbonyl (C=O) groups is 2. The Morgan fingerprint density at radius 3 is 2.19 bits per heavy atom. The van der Waals surface area contributed by atoms with Crippen molar-refractivity contribution >= 4 is 11.9 Å². The van der Waals surface area contributed by atoms with E-state index in [9.17, 15) is 14.7 Å². The van der Waals surface area contributed by atoms with E-state index >= 15 is 0 Å². The van der Waals surface area contributed by atoms with Gasteiger partial charge in [0.1, 0.15) is 0 Å². The quantitative estimate of drug-likeness (QED) is 0.750. The van der Waals surface area contributed by atoms with Crippen LogP contribution in [0.15, 0.2) is 0 Å². The number of amides is 1. The molecule has 1 amide bonds. The van der Waals surface area contributed by atoms with Gasteiger partial charge in [-0.25, -0.2) is 0 Å². The lowest BCUT2D eigenvalue weighted by Crippen LogP contribution is -2.42. The van der Waals surface area contributed by atoms with Gasteiger partial charge in [-0.15, -0.1) is 0 Å². The Morgan fingerprint density at radius 1 is 1.00 bits per heavy atom. The number of hydrogen-bond donors (Lipinski definition) is 2. The molecule has 0 heterocycles. The Labute approximate surface area is 94.4 Å². The first-order chi connectivity index (χ1) is 7.66. The van der Waals surface area contributed by atoms with Crippen molar-refractivity contribution < 1.29 is 14.7 Å². The van der Waals surface area contributed by atoms with Gasteiger partial charge in [-0.2, -0.15) is 0 Å². The molecule has 88 valence electrons. The van der Waals surface area contributed by atoms with Gasteiger partial charge >= 0.3 is 5.97 Å². The Balaban J connectivity index is 1.75. The first kappa shape index (κ1) is 10.1. The Hall–Kier alpha value is -1.06. The minimum atomic E-state index is -0.775. The van der Waals surface area contributed by atoms with Crippen LogP contribution in [0.3, 0.4) is 0 Å². The van der Waals surface area contributed by atoms with Crippen LogP contribution in [0, 0.1) is 23.7 Å². The van der Waals surface area contributed by atoms with Gasteiger partial charge in [-0.05, 0) is 43.9 Å². The van der Waals surface area contributed by atoms with E-state index in [0.717, 1.165) is 32.1 Å². The summed E-state index contributed by atoms with van der Waals surface area (Å²) in [5.74, 6) is -0.873. The molecule has 3 rings (SSSR count). The van der Waals surface area contributed by atoms with Crippen molar-refractivity contribution in [3.8, 4) is 0 Å². The summed E-state index contributed by atoms with van der Waals surface area (Å²) in [6.45, 7) is 0. The number of rotatable bonds is 3. The van der Waals surface area contributed by atoms with E-state index in [1.807, 2.05) is 0 Å². The van der Waals surface area contributed by atoms with Gasteiger partial charge in [0.25, 0.3) is 0 Å². The monoisotopic (exact) mass is 223 g/mol. The molecule has 0 aromatic carbocycles. The number of aliphatic carboxylic acids is 1. The van der Waals surface area contributed by atoms with E-state index in [1.54, 1.807) is 0 Å². The van der Waals surface area contributed by atoms with E-state index in [-0.39, 0.29) is 17.7 Å². The molecule has 3 aliphatic rings. The molecule has 2 bridgehead atoms. The van der Waals surface area contributed by atoms with E-state index in [2.05, 4.69) is 5.32 Å². The molecule has 4 nitrogen and oxygen atoms in total. The Morgan fingerprint density at radius 2 is 1.62 bits per heavy atom. The maximum absolute atomic E-state index is 12.0. The summed E-state index contributed by atoms with van der Waals surface area (Å²) in [7, 11) is 0. The summed E-state index contributed by atoms with van der Waals surface area (Å²) in [5.41, 5.74) is 0. The third-order valence-corrected chi connectivity index (χ3v) is 4.43. The standard InChI is InChI=1S/C12H17NO3/c14-11(13-8-3-4-8)9-6-1-2-7(5-6)10(9)12(15)16/h6-10H,1-5H2,(H,13,14)(H,15,16)/t6-,7+,9-,10+/m0/s1. The fraction of sp³-hybridized carbons (Fsp3) is 0.833. The average molecular weight is 223 g/mol. The molecule has 0 spiro atoms. The lowest BCUT2D eigenvalue weighted by molar-refractivity contribution is -0.149. The highest BCUT2D eigenvalue weighted by Gasteiger charge is 2.54. The van der Waals surface area contributed by atoms with Crippen molar-refractivity contribution in [3.63, 3.8) is 0 Å². The molecule has 3 fully saturated rings. The highest BCUT2D eigenvalue weighted by atomic mass is 16.4. The topological polar surface area (TPSA) is 66.4 Å². The van der Waals surface area contributed by atoms with Crippen molar-refractivity contribution in [1.82, 2.24) is 5.32 Å². The SMILES string of the molecule is O=C(O)[C@@H]1[C@@H]2CC[C@@H](C2)[C@@H]1C(=O)NC1CC1. The van der Waals surface area contributed by atoms with Crippen LogP contribution in [-0.2, 0) is 9.59 Å². The van der Waals surface area contributed by atoms with Crippen LogP contribution >= 0.6 is 0 Å². The minimum Gasteiger partial charge on any atom is -0.481 e. The van der Waals surface area contributed by atoms with E-state index in [0.29, 0.717) is 12.0 Å². The fourth-order valence-electron chi connectivity index (χ4n) is 3.55. The zero-order valence-electron chi connectivity index (χ0n) is 9.19. The minimum absolute atomic E-state index is 0.00194. The number of hydrogen-bond acceptors (Lipinski definition) is 2. The molecule has 0 radical (unpaired) electrons. The van der Waals surface area contributed by atoms with Crippen molar-refractivity contribution in [1.29, 1.82) is 0 Å². The summed E-state index contributed by atoms with van der Waals surface area (Å²) >= 11 is 0. The molecule has 0 aromatic heterocycles.